The first-order chi connectivity index (χ1) is 12.2. The summed E-state index contributed by atoms with van der Waals surface area (Å²) in [5.41, 5.74) is 2.66. The summed E-state index contributed by atoms with van der Waals surface area (Å²) in [4.78, 5) is 26.9. The molecule has 0 saturated heterocycles. The number of nitrogens with zero attached hydrogens (tertiary/aromatic N) is 3. The summed E-state index contributed by atoms with van der Waals surface area (Å²) >= 11 is 0. The van der Waals surface area contributed by atoms with Crippen LogP contribution in [0.4, 0.5) is 5.69 Å². The standard InChI is InChI=1S/C18H15N5O2/c24-16-11-23(18(25)15-10-19-22-21-15)17(12-6-2-1-3-7-12)13-8-4-5-9-14(13)20-16/h1-10,17H,11H2,(H,20,24)(H,19,21,22). The molecule has 1 atom stereocenters. The second kappa shape index (κ2) is 6.20. The van der Waals surface area contributed by atoms with E-state index in [-0.39, 0.29) is 24.1 Å². The van der Waals surface area contributed by atoms with Crippen LogP contribution in [0.2, 0.25) is 0 Å². The lowest BCUT2D eigenvalue weighted by Crippen LogP contribution is -2.39. The Bertz CT molecular complexity index is 908. The van der Waals surface area contributed by atoms with Crippen LogP contribution in [0.1, 0.15) is 27.7 Å². The Hall–Kier alpha value is -3.48. The van der Waals surface area contributed by atoms with E-state index < -0.39 is 6.04 Å². The number of hydrogen-bond acceptors (Lipinski definition) is 4. The van der Waals surface area contributed by atoms with Gasteiger partial charge in [-0.1, -0.05) is 48.5 Å². The Morgan fingerprint density at radius 2 is 1.84 bits per heavy atom. The second-order valence-electron chi connectivity index (χ2n) is 5.74. The molecule has 0 radical (unpaired) electrons. The van der Waals surface area contributed by atoms with Crippen LogP contribution in [-0.4, -0.2) is 38.7 Å². The lowest BCUT2D eigenvalue weighted by atomic mass is 9.95. The lowest BCUT2D eigenvalue weighted by molar-refractivity contribution is -0.117. The van der Waals surface area contributed by atoms with E-state index in [2.05, 4.69) is 20.7 Å². The summed E-state index contributed by atoms with van der Waals surface area (Å²) in [6, 6.07) is 16.7. The molecule has 7 heteroatoms. The fraction of sp³-hybridized carbons (Fsp3) is 0.111. The van der Waals surface area contributed by atoms with Gasteiger partial charge in [-0.2, -0.15) is 15.4 Å². The van der Waals surface area contributed by atoms with Gasteiger partial charge in [-0.05, 0) is 11.6 Å². The highest BCUT2D eigenvalue weighted by Gasteiger charge is 2.34. The third-order valence-electron chi connectivity index (χ3n) is 4.17. The SMILES string of the molecule is O=C1CN(C(=O)c2cn[nH]n2)C(c2ccccc2)c2ccccc2N1. The van der Waals surface area contributed by atoms with E-state index >= 15 is 0 Å². The predicted molar refractivity (Wildman–Crippen MR) is 90.8 cm³/mol. The maximum atomic E-state index is 13.0. The first kappa shape index (κ1) is 15.1. The van der Waals surface area contributed by atoms with Gasteiger partial charge in [-0.25, -0.2) is 0 Å². The Morgan fingerprint density at radius 1 is 1.08 bits per heavy atom. The van der Waals surface area contributed by atoms with Gasteiger partial charge in [0.1, 0.15) is 6.54 Å². The Morgan fingerprint density at radius 3 is 2.60 bits per heavy atom. The molecule has 1 aliphatic heterocycles. The highest BCUT2D eigenvalue weighted by atomic mass is 16.2. The van der Waals surface area contributed by atoms with Crippen molar-refractivity contribution in [3.05, 3.63) is 77.6 Å². The molecule has 1 aliphatic rings. The zero-order valence-corrected chi connectivity index (χ0v) is 13.2. The third kappa shape index (κ3) is 2.76. The number of hydrogen-bond donors (Lipinski definition) is 2. The average Bonchev–Trinajstić information content (AvgIpc) is 3.12. The molecule has 4 rings (SSSR count). The van der Waals surface area contributed by atoms with Crippen LogP contribution in [0.25, 0.3) is 0 Å². The van der Waals surface area contributed by atoms with Crippen LogP contribution in [0.15, 0.2) is 60.8 Å². The molecule has 0 saturated carbocycles. The van der Waals surface area contributed by atoms with Gasteiger partial charge in [-0.15, -0.1) is 0 Å². The number of para-hydroxylation sites is 1. The fourth-order valence-electron chi connectivity index (χ4n) is 3.09. The number of benzene rings is 2. The van der Waals surface area contributed by atoms with Crippen LogP contribution in [0.5, 0.6) is 0 Å². The van der Waals surface area contributed by atoms with E-state index in [1.165, 1.54) is 11.1 Å². The van der Waals surface area contributed by atoms with E-state index in [9.17, 15) is 9.59 Å². The minimum atomic E-state index is -0.402. The predicted octanol–water partition coefficient (Wildman–Crippen LogP) is 1.99. The highest BCUT2D eigenvalue weighted by Crippen LogP contribution is 2.36. The third-order valence-corrected chi connectivity index (χ3v) is 4.17. The van der Waals surface area contributed by atoms with Crippen molar-refractivity contribution in [2.24, 2.45) is 0 Å². The number of carbonyl (C=O) groups is 2. The zero-order chi connectivity index (χ0) is 17.2. The molecule has 124 valence electrons. The van der Waals surface area contributed by atoms with Crippen LogP contribution in [0.3, 0.4) is 0 Å². The maximum absolute atomic E-state index is 13.0. The van der Waals surface area contributed by atoms with Crippen LogP contribution >= 0.6 is 0 Å². The average molecular weight is 333 g/mol. The number of nitrogens with one attached hydrogen (secondary N) is 2. The molecule has 7 nitrogen and oxygen atoms in total. The number of H-pyrrole nitrogens is 1. The summed E-state index contributed by atoms with van der Waals surface area (Å²) < 4.78 is 0. The fourth-order valence-corrected chi connectivity index (χ4v) is 3.09. The van der Waals surface area contributed by atoms with Crippen molar-refractivity contribution < 1.29 is 9.59 Å². The molecule has 1 unspecified atom stereocenters. The molecule has 0 fully saturated rings. The van der Waals surface area contributed by atoms with Gasteiger partial charge in [0, 0.05) is 11.3 Å². The molecular weight excluding hydrogens is 318 g/mol. The van der Waals surface area contributed by atoms with Crippen molar-refractivity contribution in [1.29, 1.82) is 0 Å². The Labute approximate surface area is 143 Å². The number of carbonyl (C=O) groups excluding carboxylic acids is 2. The number of amides is 2. The highest BCUT2D eigenvalue weighted by molar-refractivity contribution is 6.00. The van der Waals surface area contributed by atoms with E-state index in [4.69, 9.17) is 0 Å². The van der Waals surface area contributed by atoms with E-state index in [0.29, 0.717) is 5.69 Å². The molecule has 3 aromatic rings. The molecule has 0 aliphatic carbocycles. The monoisotopic (exact) mass is 333 g/mol. The lowest BCUT2D eigenvalue weighted by Gasteiger charge is -2.29. The van der Waals surface area contributed by atoms with Crippen LogP contribution in [0, 0.1) is 0 Å². The van der Waals surface area contributed by atoms with Gasteiger partial charge >= 0.3 is 0 Å². The Balaban J connectivity index is 1.88. The molecule has 0 bridgehead atoms. The molecule has 0 spiro atoms. The molecule has 1 aromatic heterocycles. The molecule has 2 N–H and O–H groups in total. The van der Waals surface area contributed by atoms with Crippen LogP contribution < -0.4 is 5.32 Å². The first-order valence-electron chi connectivity index (χ1n) is 7.84. The number of fused-ring (bicyclic) bond motifs is 1. The summed E-state index contributed by atoms with van der Waals surface area (Å²) in [5.74, 6) is -0.600. The molecule has 2 heterocycles. The van der Waals surface area contributed by atoms with E-state index in [1.54, 1.807) is 0 Å². The molecule has 2 aromatic carbocycles. The van der Waals surface area contributed by atoms with Crippen molar-refractivity contribution in [2.75, 3.05) is 11.9 Å². The van der Waals surface area contributed by atoms with E-state index in [0.717, 1.165) is 11.1 Å². The summed E-state index contributed by atoms with van der Waals surface area (Å²) in [5, 5.41) is 12.9. The molecule has 2 amide bonds. The van der Waals surface area contributed by atoms with Gasteiger partial charge in [0.15, 0.2) is 5.69 Å². The van der Waals surface area contributed by atoms with Crippen LogP contribution in [-0.2, 0) is 4.79 Å². The van der Waals surface area contributed by atoms with Gasteiger partial charge in [0.05, 0.1) is 12.2 Å². The minimum Gasteiger partial charge on any atom is -0.324 e. The van der Waals surface area contributed by atoms with Crippen molar-refractivity contribution in [1.82, 2.24) is 20.3 Å². The number of anilines is 1. The minimum absolute atomic E-state index is 0.0695. The topological polar surface area (TPSA) is 91.0 Å². The summed E-state index contributed by atoms with van der Waals surface area (Å²) in [7, 11) is 0. The molecular formula is C18H15N5O2. The summed E-state index contributed by atoms with van der Waals surface area (Å²) in [6.45, 7) is -0.0695. The molecule has 25 heavy (non-hydrogen) atoms. The van der Waals surface area contributed by atoms with Crippen molar-refractivity contribution in [3.63, 3.8) is 0 Å². The van der Waals surface area contributed by atoms with Gasteiger partial charge < -0.3 is 10.2 Å². The summed E-state index contributed by atoms with van der Waals surface area (Å²) in [6.07, 6.45) is 1.36. The van der Waals surface area contributed by atoms with E-state index in [1.807, 2.05) is 54.6 Å². The maximum Gasteiger partial charge on any atom is 0.277 e. The quantitative estimate of drug-likeness (QED) is 0.750. The van der Waals surface area contributed by atoms with Crippen molar-refractivity contribution in [3.8, 4) is 0 Å². The van der Waals surface area contributed by atoms with Crippen molar-refractivity contribution in [2.45, 2.75) is 6.04 Å². The van der Waals surface area contributed by atoms with Gasteiger partial charge in [-0.3, -0.25) is 9.59 Å². The number of aromatic nitrogens is 3. The van der Waals surface area contributed by atoms with Gasteiger partial charge in [0.25, 0.3) is 5.91 Å². The first-order valence-corrected chi connectivity index (χ1v) is 7.84. The van der Waals surface area contributed by atoms with Gasteiger partial charge in [0.2, 0.25) is 5.91 Å². The van der Waals surface area contributed by atoms with Crippen molar-refractivity contribution >= 4 is 17.5 Å². The largest absolute Gasteiger partial charge is 0.324 e. The normalized spacial score (nSPS) is 16.7. The zero-order valence-electron chi connectivity index (χ0n) is 13.2. The second-order valence-corrected chi connectivity index (χ2v) is 5.74. The smallest absolute Gasteiger partial charge is 0.277 e. The number of aromatic amines is 1. The Kier molecular flexibility index (Phi) is 3.74. The number of rotatable bonds is 2.